The van der Waals surface area contributed by atoms with Crippen molar-refractivity contribution in [3.63, 3.8) is 0 Å². The number of nitrogens with zero attached hydrogens (tertiary/aromatic N) is 3. The van der Waals surface area contributed by atoms with E-state index in [1.165, 1.54) is 41.2 Å². The number of hydrogen-bond acceptors (Lipinski definition) is 6. The second-order valence-corrected chi connectivity index (χ2v) is 10.6. The van der Waals surface area contributed by atoms with Crippen molar-refractivity contribution in [1.82, 2.24) is 14.8 Å². The summed E-state index contributed by atoms with van der Waals surface area (Å²) in [7, 11) is 0. The van der Waals surface area contributed by atoms with Crippen LogP contribution in [0.5, 0.6) is 0 Å². The van der Waals surface area contributed by atoms with E-state index >= 15 is 0 Å². The fraction of sp³-hybridized carbons (Fsp3) is 0.308. The van der Waals surface area contributed by atoms with Gasteiger partial charge < -0.3 is 14.6 Å². The zero-order valence-electron chi connectivity index (χ0n) is 19.8. The summed E-state index contributed by atoms with van der Waals surface area (Å²) in [5.41, 5.74) is -1.35. The van der Waals surface area contributed by atoms with Crippen molar-refractivity contribution in [2.75, 3.05) is 13.2 Å². The quantitative estimate of drug-likeness (QED) is 0.361. The molecule has 0 unspecified atom stereocenters. The largest absolute Gasteiger partial charge is 0.382 e. The molecule has 1 saturated heterocycles. The molecular formula is C26H25ClF3N3O3S. The Morgan fingerprint density at radius 3 is 2.62 bits per heavy atom. The molecule has 6 nitrogen and oxygen atoms in total. The smallest absolute Gasteiger partial charge is 0.177 e. The fourth-order valence-corrected chi connectivity index (χ4v) is 5.35. The number of hydrogen-bond donors (Lipinski definition) is 1. The van der Waals surface area contributed by atoms with E-state index in [0.717, 1.165) is 12.1 Å². The first-order valence-electron chi connectivity index (χ1n) is 11.4. The van der Waals surface area contributed by atoms with Crippen LogP contribution in [0, 0.1) is 17.5 Å². The highest BCUT2D eigenvalue weighted by Crippen LogP contribution is 2.38. The van der Waals surface area contributed by atoms with Crippen LogP contribution in [0.15, 0.2) is 67.3 Å². The van der Waals surface area contributed by atoms with E-state index < -0.39 is 34.6 Å². The van der Waals surface area contributed by atoms with Crippen LogP contribution in [-0.2, 0) is 21.6 Å². The molecule has 196 valence electrons. The predicted molar refractivity (Wildman–Crippen MR) is 136 cm³/mol. The van der Waals surface area contributed by atoms with Gasteiger partial charge in [-0.15, -0.1) is 11.8 Å². The van der Waals surface area contributed by atoms with Gasteiger partial charge in [0.1, 0.15) is 35.7 Å². The lowest BCUT2D eigenvalue weighted by molar-refractivity contribution is -0.146. The molecule has 0 bridgehead atoms. The summed E-state index contributed by atoms with van der Waals surface area (Å²) >= 11 is 7.13. The Kier molecular flexibility index (Phi) is 9.09. The molecule has 2 atom stereocenters. The third-order valence-electron chi connectivity index (χ3n) is 5.85. The predicted octanol–water partition coefficient (Wildman–Crippen LogP) is 5.37. The van der Waals surface area contributed by atoms with Crippen molar-refractivity contribution < 1.29 is 27.8 Å². The summed E-state index contributed by atoms with van der Waals surface area (Å²) in [6, 6.07) is 7.55. The van der Waals surface area contributed by atoms with Crippen LogP contribution >= 0.6 is 23.4 Å². The maximum absolute atomic E-state index is 14.7. The molecule has 37 heavy (non-hydrogen) atoms. The number of ether oxygens (including phenoxy) is 2. The molecule has 1 fully saturated rings. The second kappa shape index (κ2) is 12.3. The minimum absolute atomic E-state index is 0.0354. The number of thioether (sulfide) groups is 1. The lowest BCUT2D eigenvalue weighted by Crippen LogP contribution is -2.43. The highest BCUT2D eigenvalue weighted by atomic mass is 35.5. The minimum Gasteiger partial charge on any atom is -0.382 e. The lowest BCUT2D eigenvalue weighted by Gasteiger charge is -2.37. The third kappa shape index (κ3) is 7.03. The number of aromatic nitrogens is 3. The molecule has 3 aromatic rings. The van der Waals surface area contributed by atoms with Crippen LogP contribution in [0.25, 0.3) is 6.08 Å². The molecule has 1 aliphatic heterocycles. The molecule has 11 heteroatoms. The normalized spacial score (nSPS) is 20.9. The van der Waals surface area contributed by atoms with Crippen LogP contribution in [0.1, 0.15) is 18.1 Å². The Morgan fingerprint density at radius 2 is 1.95 bits per heavy atom. The first-order valence-corrected chi connectivity index (χ1v) is 12.8. The average molecular weight is 552 g/mol. The van der Waals surface area contributed by atoms with Crippen LogP contribution in [-0.4, -0.2) is 49.9 Å². The van der Waals surface area contributed by atoms with Crippen LogP contribution in [0.4, 0.5) is 13.2 Å². The van der Waals surface area contributed by atoms with Gasteiger partial charge in [0.05, 0.1) is 25.0 Å². The molecule has 0 aliphatic carbocycles. The molecule has 1 aliphatic rings. The van der Waals surface area contributed by atoms with Gasteiger partial charge in [-0.2, -0.15) is 5.10 Å². The molecular weight excluding hydrogens is 527 g/mol. The SMILES string of the molecule is C[C@@H](SC1COC(/C=C/C=C/c2ccc(Cl)cc2F)OC1)[C@](O)(Cn1cncn1)c1ccc(F)cc1F. The van der Waals surface area contributed by atoms with E-state index in [2.05, 4.69) is 10.1 Å². The molecule has 0 spiro atoms. The maximum Gasteiger partial charge on any atom is 0.177 e. The highest BCUT2D eigenvalue weighted by molar-refractivity contribution is 8.00. The molecule has 4 rings (SSSR count). The Labute approximate surface area is 221 Å². The highest BCUT2D eigenvalue weighted by Gasteiger charge is 2.41. The molecule has 2 aromatic carbocycles. The lowest BCUT2D eigenvalue weighted by atomic mass is 9.90. The van der Waals surface area contributed by atoms with Gasteiger partial charge in [-0.05, 0) is 24.3 Å². The van der Waals surface area contributed by atoms with Crippen molar-refractivity contribution >= 4 is 29.4 Å². The molecule has 0 saturated carbocycles. The van der Waals surface area contributed by atoms with Gasteiger partial charge in [-0.1, -0.05) is 48.9 Å². The zero-order chi connectivity index (χ0) is 26.4. The van der Waals surface area contributed by atoms with Crippen molar-refractivity contribution in [3.05, 3.63) is 101 Å². The van der Waals surface area contributed by atoms with E-state index in [0.29, 0.717) is 23.8 Å². The van der Waals surface area contributed by atoms with Gasteiger partial charge in [0.25, 0.3) is 0 Å². The minimum atomic E-state index is -1.71. The standard InChI is InChI=1S/C26H25ClF3N3O3S/c1-17(26(34,14-33-16-31-15-32-33)22-9-8-20(28)11-24(22)30)37-21-12-35-25(36-13-21)5-3-2-4-18-6-7-19(27)10-23(18)29/h2-11,15-17,21,25,34H,12-14H2,1H3/b4-2+,5-3+/t17-,21?,25?,26-/m1/s1. The first-order chi connectivity index (χ1) is 17.7. The van der Waals surface area contributed by atoms with E-state index in [-0.39, 0.29) is 17.4 Å². The molecule has 2 heterocycles. The third-order valence-corrected chi connectivity index (χ3v) is 7.54. The summed E-state index contributed by atoms with van der Waals surface area (Å²) in [6.45, 7) is 2.33. The molecule has 1 aromatic heterocycles. The topological polar surface area (TPSA) is 69.4 Å². The van der Waals surface area contributed by atoms with Crippen LogP contribution < -0.4 is 0 Å². The van der Waals surface area contributed by atoms with E-state index in [4.69, 9.17) is 21.1 Å². The van der Waals surface area contributed by atoms with Gasteiger partial charge in [0.2, 0.25) is 0 Å². The summed E-state index contributed by atoms with van der Waals surface area (Å²) < 4.78 is 55.0. The number of halogens is 4. The van der Waals surface area contributed by atoms with Crippen LogP contribution in [0.2, 0.25) is 5.02 Å². The monoisotopic (exact) mass is 551 g/mol. The zero-order valence-corrected chi connectivity index (χ0v) is 21.4. The Morgan fingerprint density at radius 1 is 1.16 bits per heavy atom. The van der Waals surface area contributed by atoms with Gasteiger partial charge >= 0.3 is 0 Å². The van der Waals surface area contributed by atoms with Crippen molar-refractivity contribution in [2.45, 2.75) is 35.9 Å². The Bertz CT molecular complexity index is 1250. The van der Waals surface area contributed by atoms with E-state index in [1.807, 2.05) is 0 Å². The van der Waals surface area contributed by atoms with E-state index in [1.54, 1.807) is 43.4 Å². The van der Waals surface area contributed by atoms with Crippen molar-refractivity contribution in [3.8, 4) is 0 Å². The molecule has 0 amide bonds. The number of aliphatic hydroxyl groups is 1. The van der Waals surface area contributed by atoms with Crippen molar-refractivity contribution in [1.29, 1.82) is 0 Å². The van der Waals surface area contributed by atoms with Gasteiger partial charge in [-0.3, -0.25) is 0 Å². The number of rotatable bonds is 9. The van der Waals surface area contributed by atoms with Gasteiger partial charge in [0.15, 0.2) is 6.29 Å². The average Bonchev–Trinajstić information content (AvgIpc) is 3.36. The maximum atomic E-state index is 14.7. The molecule has 0 radical (unpaired) electrons. The second-order valence-electron chi connectivity index (χ2n) is 8.49. The summed E-state index contributed by atoms with van der Waals surface area (Å²) in [5.74, 6) is -1.99. The molecule has 1 N–H and O–H groups in total. The first kappa shape index (κ1) is 27.4. The van der Waals surface area contributed by atoms with Crippen molar-refractivity contribution in [2.24, 2.45) is 0 Å². The Balaban J connectivity index is 1.36. The van der Waals surface area contributed by atoms with Crippen LogP contribution in [0.3, 0.4) is 0 Å². The van der Waals surface area contributed by atoms with Gasteiger partial charge in [-0.25, -0.2) is 22.8 Å². The summed E-state index contributed by atoms with van der Waals surface area (Å²) in [6.07, 6.45) is 8.82. The summed E-state index contributed by atoms with van der Waals surface area (Å²) in [5, 5.41) is 15.3. The van der Waals surface area contributed by atoms with Gasteiger partial charge in [0, 0.05) is 27.5 Å². The number of benzene rings is 2. The Hall–Kier alpha value is -2.63. The number of allylic oxidation sites excluding steroid dienone is 2. The summed E-state index contributed by atoms with van der Waals surface area (Å²) in [4.78, 5) is 3.88. The fourth-order valence-electron chi connectivity index (χ4n) is 3.88. The van der Waals surface area contributed by atoms with E-state index in [9.17, 15) is 18.3 Å².